The number of likely N-dealkylation sites (tertiary alicyclic amines) is 1. The van der Waals surface area contributed by atoms with Gasteiger partial charge in [0, 0.05) is 43.5 Å². The number of amides is 3. The summed E-state index contributed by atoms with van der Waals surface area (Å²) in [6, 6.07) is 15.9. The molecule has 8 nitrogen and oxygen atoms in total. The normalized spacial score (nSPS) is 26.5. The number of halogens is 1. The van der Waals surface area contributed by atoms with E-state index in [9.17, 15) is 19.5 Å². The van der Waals surface area contributed by atoms with Crippen LogP contribution in [0, 0.1) is 11.8 Å². The highest BCUT2D eigenvalue weighted by Gasteiger charge is 2.79. The second-order valence-corrected chi connectivity index (χ2v) is 12.8. The van der Waals surface area contributed by atoms with Crippen LogP contribution in [0.5, 0.6) is 0 Å². The van der Waals surface area contributed by atoms with Crippen LogP contribution in [0.25, 0.3) is 0 Å². The van der Waals surface area contributed by atoms with Crippen LogP contribution in [0.3, 0.4) is 0 Å². The third kappa shape index (κ3) is 5.96. The molecule has 5 rings (SSSR count). The van der Waals surface area contributed by atoms with Gasteiger partial charge in [0.15, 0.2) is 0 Å². The fourth-order valence-corrected chi connectivity index (χ4v) is 7.92. The van der Waals surface area contributed by atoms with E-state index in [2.05, 4.69) is 13.2 Å². The number of hydrogen-bond acceptors (Lipinski definition) is 5. The van der Waals surface area contributed by atoms with Gasteiger partial charge in [-0.3, -0.25) is 14.4 Å². The zero-order chi connectivity index (χ0) is 32.2. The van der Waals surface area contributed by atoms with Crippen LogP contribution < -0.4 is 4.90 Å². The molecule has 0 radical (unpaired) electrons. The number of aliphatic hydroxyl groups is 1. The average molecular weight is 634 g/mol. The molecule has 0 aliphatic carbocycles. The first-order valence-electron chi connectivity index (χ1n) is 16.0. The van der Waals surface area contributed by atoms with Crippen LogP contribution in [0.15, 0.2) is 79.9 Å². The maximum Gasteiger partial charge on any atom is 0.253 e. The van der Waals surface area contributed by atoms with E-state index in [1.54, 1.807) is 51.1 Å². The second-order valence-electron chi connectivity index (χ2n) is 12.4. The molecular formula is C36H44ClN3O5. The fourth-order valence-electron chi connectivity index (χ4n) is 7.79. The molecule has 1 N–H and O–H groups in total. The maximum atomic E-state index is 14.8. The van der Waals surface area contributed by atoms with Gasteiger partial charge in [-0.05, 0) is 68.4 Å². The van der Waals surface area contributed by atoms with Gasteiger partial charge in [-0.15, -0.1) is 13.2 Å². The number of fused-ring (bicyclic) bond motifs is 1. The van der Waals surface area contributed by atoms with E-state index in [4.69, 9.17) is 16.3 Å². The van der Waals surface area contributed by atoms with Crippen molar-refractivity contribution in [2.75, 3.05) is 31.1 Å². The number of unbranched alkanes of at least 4 members (excludes halogenated alkanes) is 2. The Morgan fingerprint density at radius 2 is 1.73 bits per heavy atom. The summed E-state index contributed by atoms with van der Waals surface area (Å²) in [5.74, 6) is -2.13. The zero-order valence-corrected chi connectivity index (χ0v) is 26.8. The third-order valence-electron chi connectivity index (χ3n) is 9.83. The van der Waals surface area contributed by atoms with E-state index < -0.39 is 29.1 Å². The molecule has 2 unspecified atom stereocenters. The molecule has 2 aromatic rings. The topological polar surface area (TPSA) is 90.4 Å². The van der Waals surface area contributed by atoms with Gasteiger partial charge in [0.25, 0.3) is 5.91 Å². The Bertz CT molecular complexity index is 1400. The average Bonchev–Trinajstić information content (AvgIpc) is 3.65. The lowest BCUT2D eigenvalue weighted by atomic mass is 9.64. The van der Waals surface area contributed by atoms with Crippen molar-refractivity contribution in [3.8, 4) is 0 Å². The Labute approximate surface area is 271 Å². The van der Waals surface area contributed by atoms with E-state index in [-0.39, 0.29) is 30.9 Å². The van der Waals surface area contributed by atoms with E-state index in [0.29, 0.717) is 68.9 Å². The van der Waals surface area contributed by atoms with E-state index in [0.717, 1.165) is 5.56 Å². The molecule has 45 heavy (non-hydrogen) atoms. The first-order valence-corrected chi connectivity index (χ1v) is 16.4. The van der Waals surface area contributed by atoms with Crippen molar-refractivity contribution in [3.63, 3.8) is 0 Å². The summed E-state index contributed by atoms with van der Waals surface area (Å²) in [4.78, 5) is 49.1. The number of anilines is 1. The highest BCUT2D eigenvalue weighted by Crippen LogP contribution is 2.64. The maximum absolute atomic E-state index is 14.8. The first kappa shape index (κ1) is 32.9. The molecule has 3 fully saturated rings. The Kier molecular flexibility index (Phi) is 10.2. The number of hydrogen-bond donors (Lipinski definition) is 1. The first-order chi connectivity index (χ1) is 21.8. The molecule has 3 amide bonds. The molecule has 240 valence electrons. The van der Waals surface area contributed by atoms with Crippen LogP contribution in [-0.4, -0.2) is 76.1 Å². The SMILES string of the molecule is C=CCN(Cc1ccccc1)C(=O)[C@@H]1[C@H]2C(=O)N(CCCCCO)C(C(=O)N(CC=C)c3ccc(Cl)cc3)C23CC[C@@]1(CC)O3. The van der Waals surface area contributed by atoms with Crippen molar-refractivity contribution < 1.29 is 24.2 Å². The molecule has 3 aliphatic rings. The van der Waals surface area contributed by atoms with Gasteiger partial charge in [-0.1, -0.05) is 61.0 Å². The van der Waals surface area contributed by atoms with Gasteiger partial charge in [0.2, 0.25) is 11.8 Å². The predicted molar refractivity (Wildman–Crippen MR) is 176 cm³/mol. The minimum Gasteiger partial charge on any atom is -0.396 e. The minimum absolute atomic E-state index is 0.0613. The van der Waals surface area contributed by atoms with Crippen LogP contribution in [0.2, 0.25) is 5.02 Å². The van der Waals surface area contributed by atoms with Gasteiger partial charge in [0.1, 0.15) is 11.6 Å². The summed E-state index contributed by atoms with van der Waals surface area (Å²) in [6.07, 6.45) is 6.94. The second kappa shape index (κ2) is 13.9. The lowest BCUT2D eigenvalue weighted by Crippen LogP contribution is -2.56. The molecule has 9 heteroatoms. The molecule has 2 aromatic carbocycles. The standard InChI is InChI=1S/C36H44ClN3O5/c1-4-21-38(25-26-13-9-7-10-14-26)32(42)29-30-33(43)40(23-11-8-12-24-41)31(36(30)20-19-35(29,6-3)45-36)34(44)39(22-5-2)28-17-15-27(37)16-18-28/h4-5,7,9-10,13-18,29-31,41H,1-2,6,8,11-12,19-25H2,3H3/t29-,30-,31?,35+,36?/m0/s1. The summed E-state index contributed by atoms with van der Waals surface area (Å²) in [7, 11) is 0. The van der Waals surface area contributed by atoms with Crippen molar-refractivity contribution in [1.82, 2.24) is 9.80 Å². The molecule has 3 saturated heterocycles. The van der Waals surface area contributed by atoms with Gasteiger partial charge in [-0.25, -0.2) is 0 Å². The van der Waals surface area contributed by atoms with Crippen LogP contribution in [0.4, 0.5) is 5.69 Å². The third-order valence-corrected chi connectivity index (χ3v) is 10.1. The fraction of sp³-hybridized carbons (Fsp3) is 0.472. The monoisotopic (exact) mass is 633 g/mol. The Morgan fingerprint density at radius 1 is 1.02 bits per heavy atom. The van der Waals surface area contributed by atoms with Crippen LogP contribution >= 0.6 is 11.6 Å². The number of carbonyl (C=O) groups is 3. The van der Waals surface area contributed by atoms with Gasteiger partial charge in [-0.2, -0.15) is 0 Å². The highest BCUT2D eigenvalue weighted by molar-refractivity contribution is 6.30. The van der Waals surface area contributed by atoms with Gasteiger partial charge < -0.3 is 24.5 Å². The molecule has 0 aromatic heterocycles. The van der Waals surface area contributed by atoms with E-state index >= 15 is 0 Å². The lowest BCUT2D eigenvalue weighted by Gasteiger charge is -2.37. The minimum atomic E-state index is -1.14. The summed E-state index contributed by atoms with van der Waals surface area (Å²) in [5.41, 5.74) is -0.364. The predicted octanol–water partition coefficient (Wildman–Crippen LogP) is 5.39. The molecule has 5 atom stereocenters. The Balaban J connectivity index is 1.56. The van der Waals surface area contributed by atoms with Crippen molar-refractivity contribution in [2.24, 2.45) is 11.8 Å². The number of ether oxygens (including phenoxy) is 1. The molecule has 2 bridgehead atoms. The van der Waals surface area contributed by atoms with Crippen molar-refractivity contribution in [2.45, 2.75) is 69.2 Å². The molecular weight excluding hydrogens is 590 g/mol. The van der Waals surface area contributed by atoms with E-state index in [1.807, 2.05) is 37.3 Å². The number of carbonyl (C=O) groups excluding carboxylic acids is 3. The molecule has 0 saturated carbocycles. The number of rotatable bonds is 15. The Morgan fingerprint density at radius 3 is 2.38 bits per heavy atom. The quantitative estimate of drug-likeness (QED) is 0.210. The van der Waals surface area contributed by atoms with Crippen molar-refractivity contribution >= 4 is 35.0 Å². The molecule has 3 heterocycles. The van der Waals surface area contributed by atoms with Gasteiger partial charge in [0.05, 0.1) is 17.4 Å². The number of nitrogens with zero attached hydrogens (tertiary/aromatic N) is 3. The number of aliphatic hydroxyl groups excluding tert-OH is 1. The summed E-state index contributed by atoms with van der Waals surface area (Å²) < 4.78 is 7.01. The molecule has 3 aliphatic heterocycles. The van der Waals surface area contributed by atoms with Gasteiger partial charge >= 0.3 is 0 Å². The van der Waals surface area contributed by atoms with Crippen molar-refractivity contribution in [3.05, 3.63) is 90.5 Å². The summed E-state index contributed by atoms with van der Waals surface area (Å²) >= 11 is 6.17. The lowest BCUT2D eigenvalue weighted by molar-refractivity contribution is -0.151. The van der Waals surface area contributed by atoms with Crippen molar-refractivity contribution in [1.29, 1.82) is 0 Å². The molecule has 1 spiro atoms. The summed E-state index contributed by atoms with van der Waals surface area (Å²) in [6.45, 7) is 11.1. The van der Waals surface area contributed by atoms with Crippen LogP contribution in [-0.2, 0) is 25.7 Å². The zero-order valence-electron chi connectivity index (χ0n) is 26.1. The largest absolute Gasteiger partial charge is 0.396 e. The number of benzene rings is 2. The highest BCUT2D eigenvalue weighted by atomic mass is 35.5. The smallest absolute Gasteiger partial charge is 0.253 e. The van der Waals surface area contributed by atoms with Crippen LogP contribution in [0.1, 0.15) is 51.0 Å². The van der Waals surface area contributed by atoms with E-state index in [1.165, 1.54) is 0 Å². The Hall–Kier alpha value is -3.46. The summed E-state index contributed by atoms with van der Waals surface area (Å²) in [5, 5.41) is 9.92.